The van der Waals surface area contributed by atoms with E-state index in [1.54, 1.807) is 0 Å². The lowest BCUT2D eigenvalue weighted by Crippen LogP contribution is -2.36. The van der Waals surface area contributed by atoms with Crippen LogP contribution in [0.3, 0.4) is 0 Å². The van der Waals surface area contributed by atoms with Crippen LogP contribution < -0.4 is 4.90 Å². The van der Waals surface area contributed by atoms with E-state index in [4.69, 9.17) is 4.98 Å². The average molecular weight is 767 g/mol. The second-order valence-corrected chi connectivity index (χ2v) is 16.8. The van der Waals surface area contributed by atoms with Crippen molar-refractivity contribution in [3.63, 3.8) is 0 Å². The van der Waals surface area contributed by atoms with Gasteiger partial charge in [-0.25, -0.2) is 4.98 Å². The first-order valence-corrected chi connectivity index (χ1v) is 21.1. The molecule has 9 aromatic carbocycles. The summed E-state index contributed by atoms with van der Waals surface area (Å²) in [6.45, 7) is 0. The van der Waals surface area contributed by atoms with Crippen molar-refractivity contribution >= 4 is 70.2 Å². The van der Waals surface area contributed by atoms with Gasteiger partial charge in [0.15, 0.2) is 0 Å². The molecule has 274 valence electrons. The normalized spacial score (nSPS) is 13.5. The Bertz CT molecular complexity index is 3470. The number of pyridine rings is 1. The number of hydrogen-bond acceptors (Lipinski definition) is 3. The predicted molar refractivity (Wildman–Crippen MR) is 249 cm³/mol. The summed E-state index contributed by atoms with van der Waals surface area (Å²) in [6.07, 6.45) is 0. The molecule has 2 aliphatic rings. The van der Waals surface area contributed by atoms with Gasteiger partial charge in [-0.2, -0.15) is 0 Å². The molecule has 1 spiro atoms. The van der Waals surface area contributed by atoms with E-state index in [9.17, 15) is 0 Å². The van der Waals surface area contributed by atoms with Crippen LogP contribution in [0.5, 0.6) is 0 Å². The molecule has 0 saturated heterocycles. The van der Waals surface area contributed by atoms with Crippen LogP contribution in [0.25, 0.3) is 75.4 Å². The summed E-state index contributed by atoms with van der Waals surface area (Å²) in [5.41, 5.74) is 16.4. The van der Waals surface area contributed by atoms with Crippen LogP contribution in [0.15, 0.2) is 206 Å². The number of fused-ring (bicyclic) bond motifs is 16. The highest BCUT2D eigenvalue weighted by atomic mass is 32.1. The molecule has 0 unspecified atom stereocenters. The lowest BCUT2D eigenvalue weighted by Gasteiger charge is -2.45. The number of thiophene rings is 1. The highest BCUT2D eigenvalue weighted by molar-refractivity contribution is 7.26. The molecule has 1 aliphatic carbocycles. The number of aromatic nitrogens is 1. The van der Waals surface area contributed by atoms with Gasteiger partial charge in [-0.3, -0.25) is 0 Å². The number of hydrogen-bond donors (Lipinski definition) is 0. The summed E-state index contributed by atoms with van der Waals surface area (Å²) >= 11 is 1.90. The van der Waals surface area contributed by atoms with Gasteiger partial charge >= 0.3 is 0 Å². The molecule has 3 heteroatoms. The zero-order chi connectivity index (χ0) is 38.7. The number of para-hydroxylation sites is 3. The van der Waals surface area contributed by atoms with Gasteiger partial charge in [0.2, 0.25) is 0 Å². The van der Waals surface area contributed by atoms with Crippen LogP contribution in [0.2, 0.25) is 0 Å². The third kappa shape index (κ3) is 4.43. The fraction of sp³-hybridized carbons (Fsp3) is 0.0179. The van der Waals surface area contributed by atoms with Gasteiger partial charge in [0.25, 0.3) is 0 Å². The van der Waals surface area contributed by atoms with Crippen LogP contribution in [0, 0.1) is 0 Å². The summed E-state index contributed by atoms with van der Waals surface area (Å²) in [5, 5.41) is 6.20. The van der Waals surface area contributed by atoms with Crippen molar-refractivity contribution in [1.29, 1.82) is 0 Å². The van der Waals surface area contributed by atoms with Crippen molar-refractivity contribution in [3.05, 3.63) is 229 Å². The molecule has 1 aliphatic heterocycles. The first kappa shape index (κ1) is 32.7. The zero-order valence-electron chi connectivity index (χ0n) is 31.9. The second-order valence-electron chi connectivity index (χ2n) is 15.8. The van der Waals surface area contributed by atoms with Crippen LogP contribution in [-0.4, -0.2) is 4.98 Å². The van der Waals surface area contributed by atoms with E-state index < -0.39 is 5.41 Å². The van der Waals surface area contributed by atoms with Crippen molar-refractivity contribution in [2.24, 2.45) is 0 Å². The van der Waals surface area contributed by atoms with Crippen molar-refractivity contribution in [2.45, 2.75) is 5.41 Å². The van der Waals surface area contributed by atoms with Crippen LogP contribution in [0.4, 0.5) is 17.1 Å². The van der Waals surface area contributed by atoms with Gasteiger partial charge in [-0.15, -0.1) is 11.3 Å². The molecule has 59 heavy (non-hydrogen) atoms. The molecule has 0 atom stereocenters. The third-order valence-electron chi connectivity index (χ3n) is 12.8. The van der Waals surface area contributed by atoms with E-state index >= 15 is 0 Å². The largest absolute Gasteiger partial charge is 0.310 e. The van der Waals surface area contributed by atoms with Gasteiger partial charge in [0, 0.05) is 53.1 Å². The van der Waals surface area contributed by atoms with E-state index in [1.165, 1.54) is 92.2 Å². The van der Waals surface area contributed by atoms with Crippen molar-refractivity contribution in [3.8, 4) is 33.5 Å². The maximum atomic E-state index is 5.42. The maximum absolute atomic E-state index is 5.42. The topological polar surface area (TPSA) is 16.1 Å². The smallest absolute Gasteiger partial charge is 0.0788 e. The van der Waals surface area contributed by atoms with E-state index in [0.29, 0.717) is 0 Å². The van der Waals surface area contributed by atoms with Gasteiger partial charge in [0.1, 0.15) is 0 Å². The average Bonchev–Trinajstić information content (AvgIpc) is 3.84. The van der Waals surface area contributed by atoms with E-state index in [2.05, 4.69) is 211 Å². The monoisotopic (exact) mass is 766 g/mol. The number of nitrogens with zero attached hydrogens (tertiary/aromatic N) is 2. The van der Waals surface area contributed by atoms with Gasteiger partial charge < -0.3 is 4.90 Å². The van der Waals surface area contributed by atoms with Crippen molar-refractivity contribution in [1.82, 2.24) is 4.98 Å². The Kier molecular flexibility index (Phi) is 6.84. The van der Waals surface area contributed by atoms with Crippen LogP contribution >= 0.6 is 11.3 Å². The van der Waals surface area contributed by atoms with Gasteiger partial charge in [-0.1, -0.05) is 158 Å². The molecule has 2 aromatic heterocycles. The molecule has 0 fully saturated rings. The Hall–Kier alpha value is -7.33. The zero-order valence-corrected chi connectivity index (χ0v) is 32.7. The molecule has 0 radical (unpaired) electrons. The second kappa shape index (κ2) is 12.3. The fourth-order valence-electron chi connectivity index (χ4n) is 10.5. The van der Waals surface area contributed by atoms with E-state index in [-0.39, 0.29) is 0 Å². The minimum absolute atomic E-state index is 0.538. The summed E-state index contributed by atoms with van der Waals surface area (Å²) in [4.78, 5) is 7.90. The molecule has 0 amide bonds. The third-order valence-corrected chi connectivity index (χ3v) is 14.0. The van der Waals surface area contributed by atoms with E-state index in [0.717, 1.165) is 22.5 Å². The lowest BCUT2D eigenvalue weighted by atomic mass is 9.64. The Morgan fingerprint density at radius 2 is 1.02 bits per heavy atom. The standard InChI is InChI=1S/C56H34N2S/c1-3-17-35(18-4-1)54-43-34-42(55-53(41-24-10-16-30-51(41)59-55)52(43)40-23-9-14-28-48(40)57-54)36-31-32-50-47(33-36)56(44-25-11-7-21-38(44)39-22-8-12-26-45(39)56)46-27-13-15-29-49(46)58(50)37-19-5-2-6-20-37/h1-34H. The lowest BCUT2D eigenvalue weighted by molar-refractivity contribution is 0.753. The maximum Gasteiger partial charge on any atom is 0.0788 e. The molecule has 0 N–H and O–H groups in total. The number of benzene rings is 9. The first-order valence-electron chi connectivity index (χ1n) is 20.3. The first-order chi connectivity index (χ1) is 29.3. The van der Waals surface area contributed by atoms with Gasteiger partial charge in [0.05, 0.1) is 28.0 Å². The molecule has 0 saturated carbocycles. The molecular formula is C56H34N2S. The molecule has 13 rings (SSSR count). The quantitative estimate of drug-likeness (QED) is 0.167. The molecule has 0 bridgehead atoms. The minimum atomic E-state index is -0.538. The Morgan fingerprint density at radius 1 is 0.407 bits per heavy atom. The van der Waals surface area contributed by atoms with Crippen LogP contribution in [0.1, 0.15) is 22.3 Å². The van der Waals surface area contributed by atoms with Crippen molar-refractivity contribution < 1.29 is 0 Å². The molecule has 2 nitrogen and oxygen atoms in total. The van der Waals surface area contributed by atoms with Crippen molar-refractivity contribution in [2.75, 3.05) is 4.90 Å². The summed E-state index contributed by atoms with van der Waals surface area (Å²) < 4.78 is 2.59. The minimum Gasteiger partial charge on any atom is -0.310 e. The number of anilines is 3. The Morgan fingerprint density at radius 3 is 1.80 bits per heavy atom. The SMILES string of the molecule is c1ccc(-c2nc3ccccc3c3c2cc(-c2ccc4c(c2)C2(c5ccccc5-c5ccccc52)c2ccccc2N4c2ccccc2)c2sc4ccccc4c23)cc1. The Balaban J connectivity index is 1.19. The number of rotatable bonds is 3. The fourth-order valence-corrected chi connectivity index (χ4v) is 11.7. The highest BCUT2D eigenvalue weighted by Crippen LogP contribution is 2.64. The highest BCUT2D eigenvalue weighted by Gasteiger charge is 2.51. The van der Waals surface area contributed by atoms with Crippen LogP contribution in [-0.2, 0) is 5.41 Å². The van der Waals surface area contributed by atoms with E-state index in [1.807, 2.05) is 11.3 Å². The predicted octanol–water partition coefficient (Wildman–Crippen LogP) is 15.2. The summed E-state index contributed by atoms with van der Waals surface area (Å²) in [6, 6.07) is 76.1. The Labute approximate surface area is 345 Å². The summed E-state index contributed by atoms with van der Waals surface area (Å²) in [7, 11) is 0. The molecular weight excluding hydrogens is 733 g/mol. The summed E-state index contributed by atoms with van der Waals surface area (Å²) in [5.74, 6) is 0. The molecule has 11 aromatic rings. The molecule has 3 heterocycles. The van der Waals surface area contributed by atoms with Gasteiger partial charge in [-0.05, 0) is 87.5 Å².